The fraction of sp³-hybridized carbons (Fsp3) is 0.250. The number of aromatic nitrogens is 3. The molecule has 1 unspecified atom stereocenters. The van der Waals surface area contributed by atoms with Gasteiger partial charge in [0.05, 0.1) is 23.4 Å². The lowest BCUT2D eigenvalue weighted by molar-refractivity contribution is 0.0941. The number of amides is 1. The number of carbonyl (C=O) groups excluding carboxylic acids is 1. The van der Waals surface area contributed by atoms with Crippen molar-refractivity contribution in [2.75, 3.05) is 0 Å². The van der Waals surface area contributed by atoms with Crippen LogP contribution in [-0.2, 0) is 12.8 Å². The second kappa shape index (κ2) is 7.24. The highest BCUT2D eigenvalue weighted by molar-refractivity contribution is 6.07. The molecule has 2 aromatic carbocycles. The number of hydrogen-bond donors (Lipinski definition) is 2. The van der Waals surface area contributed by atoms with Crippen molar-refractivity contribution >= 4 is 16.8 Å². The number of nitrogens with zero attached hydrogens (tertiary/aromatic N) is 2. The molecule has 5 nitrogen and oxygen atoms in total. The molecule has 4 aromatic rings. The summed E-state index contributed by atoms with van der Waals surface area (Å²) in [5, 5.41) is 4.36. The van der Waals surface area contributed by atoms with Crippen molar-refractivity contribution in [2.45, 2.75) is 38.6 Å². The van der Waals surface area contributed by atoms with Crippen molar-refractivity contribution in [1.29, 1.82) is 0 Å². The van der Waals surface area contributed by atoms with Crippen molar-refractivity contribution < 1.29 is 4.79 Å². The highest BCUT2D eigenvalue weighted by Crippen LogP contribution is 2.31. The van der Waals surface area contributed by atoms with Gasteiger partial charge in [-0.05, 0) is 61.9 Å². The third kappa shape index (κ3) is 3.23. The maximum atomic E-state index is 13.1. The summed E-state index contributed by atoms with van der Waals surface area (Å²) in [5.74, 6) is -0.0413. The molecule has 0 radical (unpaired) electrons. The smallest absolute Gasteiger partial charge is 0.253 e. The van der Waals surface area contributed by atoms with Crippen molar-refractivity contribution in [1.82, 2.24) is 19.9 Å². The van der Waals surface area contributed by atoms with Crippen molar-refractivity contribution in [3.8, 4) is 5.69 Å². The summed E-state index contributed by atoms with van der Waals surface area (Å²) in [6.07, 6.45) is 10.1. The molecule has 0 aliphatic heterocycles. The summed E-state index contributed by atoms with van der Waals surface area (Å²) in [5.41, 5.74) is 6.50. The van der Waals surface area contributed by atoms with E-state index in [0.29, 0.717) is 0 Å². The first-order valence-corrected chi connectivity index (χ1v) is 10.2. The highest BCUT2D eigenvalue weighted by atomic mass is 16.1. The Morgan fingerprint density at radius 3 is 2.76 bits per heavy atom. The molecule has 1 aliphatic rings. The number of benzene rings is 2. The molecule has 0 bridgehead atoms. The summed E-state index contributed by atoms with van der Waals surface area (Å²) in [4.78, 5) is 20.7. The van der Waals surface area contributed by atoms with E-state index in [1.807, 2.05) is 54.1 Å². The lowest BCUT2D eigenvalue weighted by Gasteiger charge is -2.15. The minimum absolute atomic E-state index is 0.0413. The number of aromatic amines is 1. The zero-order valence-electron chi connectivity index (χ0n) is 16.5. The Kier molecular flexibility index (Phi) is 4.43. The predicted octanol–water partition coefficient (Wildman–Crippen LogP) is 4.72. The zero-order valence-corrected chi connectivity index (χ0v) is 16.5. The Hall–Kier alpha value is -3.34. The molecule has 5 rings (SSSR count). The van der Waals surface area contributed by atoms with E-state index in [1.165, 1.54) is 29.5 Å². The second-order valence-corrected chi connectivity index (χ2v) is 7.77. The Labute approximate surface area is 169 Å². The van der Waals surface area contributed by atoms with E-state index >= 15 is 0 Å². The van der Waals surface area contributed by atoms with Crippen LogP contribution in [0.15, 0.2) is 61.2 Å². The second-order valence-electron chi connectivity index (χ2n) is 7.77. The highest BCUT2D eigenvalue weighted by Gasteiger charge is 2.20. The average Bonchev–Trinajstić information content (AvgIpc) is 3.41. The van der Waals surface area contributed by atoms with E-state index in [4.69, 9.17) is 0 Å². The lowest BCUT2D eigenvalue weighted by atomic mass is 9.95. The van der Waals surface area contributed by atoms with Gasteiger partial charge in [-0.1, -0.05) is 24.3 Å². The number of imidazole rings is 1. The minimum Gasteiger partial charge on any atom is -0.358 e. The maximum absolute atomic E-state index is 13.1. The summed E-state index contributed by atoms with van der Waals surface area (Å²) < 4.78 is 1.96. The molecule has 1 amide bonds. The molecule has 0 spiro atoms. The van der Waals surface area contributed by atoms with E-state index in [-0.39, 0.29) is 11.9 Å². The number of fused-ring (bicyclic) bond motifs is 3. The Bertz CT molecular complexity index is 1160. The van der Waals surface area contributed by atoms with Gasteiger partial charge in [-0.25, -0.2) is 4.98 Å². The summed E-state index contributed by atoms with van der Waals surface area (Å²) in [7, 11) is 0. The van der Waals surface area contributed by atoms with Crippen LogP contribution in [0.5, 0.6) is 0 Å². The van der Waals surface area contributed by atoms with Gasteiger partial charge in [0.2, 0.25) is 0 Å². The number of hydrogen-bond acceptors (Lipinski definition) is 2. The summed E-state index contributed by atoms with van der Waals surface area (Å²) in [6, 6.07) is 14.1. The molecule has 0 fully saturated rings. The number of nitrogens with one attached hydrogen (secondary N) is 2. The van der Waals surface area contributed by atoms with Crippen LogP contribution in [0.1, 0.15) is 53.0 Å². The third-order valence-corrected chi connectivity index (χ3v) is 5.92. The quantitative estimate of drug-likeness (QED) is 0.535. The molecule has 1 aliphatic carbocycles. The zero-order chi connectivity index (χ0) is 19.8. The van der Waals surface area contributed by atoms with Gasteiger partial charge < -0.3 is 14.9 Å². The maximum Gasteiger partial charge on any atom is 0.253 e. The molecule has 2 heterocycles. The molecular formula is C24H24N4O. The SMILES string of the molecule is CC(NC(=O)c1cccc2c3c([nH]c12)CCCC3)c1ccc(-n2ccnc2)cc1. The van der Waals surface area contributed by atoms with Gasteiger partial charge in [0, 0.05) is 29.2 Å². The fourth-order valence-corrected chi connectivity index (χ4v) is 4.32. The van der Waals surface area contributed by atoms with Crippen LogP contribution in [0.4, 0.5) is 0 Å². The standard InChI is InChI=1S/C24H24N4O/c1-16(17-9-11-18(12-10-17)28-14-13-25-15-28)26-24(29)21-7-4-6-20-19-5-2-3-8-22(19)27-23(20)21/h4,6-7,9-16,27H,2-3,5,8H2,1H3,(H,26,29). The van der Waals surface area contributed by atoms with E-state index in [0.717, 1.165) is 35.2 Å². The van der Waals surface area contributed by atoms with Crippen LogP contribution in [-0.4, -0.2) is 20.4 Å². The van der Waals surface area contributed by atoms with Crippen LogP contribution < -0.4 is 5.32 Å². The largest absolute Gasteiger partial charge is 0.358 e. The molecule has 146 valence electrons. The van der Waals surface area contributed by atoms with Crippen molar-refractivity contribution in [3.63, 3.8) is 0 Å². The first kappa shape index (κ1) is 17.7. The van der Waals surface area contributed by atoms with E-state index in [1.54, 1.807) is 12.5 Å². The third-order valence-electron chi connectivity index (χ3n) is 5.92. The Balaban J connectivity index is 1.38. The lowest BCUT2D eigenvalue weighted by Crippen LogP contribution is -2.26. The monoisotopic (exact) mass is 384 g/mol. The van der Waals surface area contributed by atoms with Crippen LogP contribution in [0, 0.1) is 0 Å². The first-order valence-electron chi connectivity index (χ1n) is 10.2. The minimum atomic E-state index is -0.0841. The van der Waals surface area contributed by atoms with Crippen molar-refractivity contribution in [2.24, 2.45) is 0 Å². The Morgan fingerprint density at radius 2 is 1.97 bits per heavy atom. The number of para-hydroxylation sites is 1. The van der Waals surface area contributed by atoms with E-state index in [9.17, 15) is 4.79 Å². The van der Waals surface area contributed by atoms with Gasteiger partial charge >= 0.3 is 0 Å². The van der Waals surface area contributed by atoms with Crippen LogP contribution in [0.3, 0.4) is 0 Å². The van der Waals surface area contributed by atoms with Gasteiger partial charge in [-0.15, -0.1) is 0 Å². The molecule has 2 aromatic heterocycles. The predicted molar refractivity (Wildman–Crippen MR) is 114 cm³/mol. The molecular weight excluding hydrogens is 360 g/mol. The molecule has 5 heteroatoms. The number of H-pyrrole nitrogens is 1. The van der Waals surface area contributed by atoms with E-state index < -0.39 is 0 Å². The molecule has 0 saturated carbocycles. The van der Waals surface area contributed by atoms with E-state index in [2.05, 4.69) is 21.4 Å². The topological polar surface area (TPSA) is 62.7 Å². The number of carbonyl (C=O) groups is 1. The summed E-state index contributed by atoms with van der Waals surface area (Å²) >= 11 is 0. The van der Waals surface area contributed by atoms with Gasteiger partial charge in [0.1, 0.15) is 0 Å². The normalized spacial score (nSPS) is 14.5. The fourth-order valence-electron chi connectivity index (χ4n) is 4.32. The summed E-state index contributed by atoms with van der Waals surface area (Å²) in [6.45, 7) is 2.02. The molecule has 29 heavy (non-hydrogen) atoms. The van der Waals surface area contributed by atoms with Crippen LogP contribution in [0.25, 0.3) is 16.6 Å². The Morgan fingerprint density at radius 1 is 1.14 bits per heavy atom. The van der Waals surface area contributed by atoms with Gasteiger partial charge in [0.15, 0.2) is 0 Å². The van der Waals surface area contributed by atoms with Crippen molar-refractivity contribution in [3.05, 3.63) is 83.6 Å². The van der Waals surface area contributed by atoms with Gasteiger partial charge in [-0.2, -0.15) is 0 Å². The van der Waals surface area contributed by atoms with Crippen LogP contribution >= 0.6 is 0 Å². The van der Waals surface area contributed by atoms with Gasteiger partial charge in [0.25, 0.3) is 5.91 Å². The molecule has 0 saturated heterocycles. The molecule has 1 atom stereocenters. The van der Waals surface area contributed by atoms with Crippen LogP contribution in [0.2, 0.25) is 0 Å². The average molecular weight is 384 g/mol. The van der Waals surface area contributed by atoms with Gasteiger partial charge in [-0.3, -0.25) is 4.79 Å². The number of aryl methyl sites for hydroxylation is 2. The number of rotatable bonds is 4. The first-order chi connectivity index (χ1) is 14.2. The molecule has 2 N–H and O–H groups in total.